The van der Waals surface area contributed by atoms with Gasteiger partial charge in [-0.25, -0.2) is 8.78 Å². The smallest absolute Gasteiger partial charge is 0.280 e. The van der Waals surface area contributed by atoms with Gasteiger partial charge in [0.05, 0.1) is 18.2 Å². The standard InChI is InChI=1S/C8H7ClF2INO/c9-2-4-1-6(12)5(3-14)7(13-4)8(10)11/h1,8,14H,2-3H2. The van der Waals surface area contributed by atoms with Crippen LogP contribution in [-0.4, -0.2) is 10.1 Å². The second-order valence-corrected chi connectivity index (χ2v) is 3.98. The van der Waals surface area contributed by atoms with Crippen LogP contribution in [-0.2, 0) is 12.5 Å². The molecular formula is C8H7ClF2INO. The Morgan fingerprint density at radius 2 is 2.21 bits per heavy atom. The zero-order chi connectivity index (χ0) is 10.7. The van der Waals surface area contributed by atoms with Gasteiger partial charge in [-0.2, -0.15) is 0 Å². The van der Waals surface area contributed by atoms with E-state index in [1.165, 1.54) is 0 Å². The monoisotopic (exact) mass is 333 g/mol. The molecule has 0 fully saturated rings. The summed E-state index contributed by atoms with van der Waals surface area (Å²) < 4.78 is 25.5. The molecular weight excluding hydrogens is 326 g/mol. The van der Waals surface area contributed by atoms with Gasteiger partial charge in [-0.1, -0.05) is 0 Å². The van der Waals surface area contributed by atoms with E-state index >= 15 is 0 Å². The van der Waals surface area contributed by atoms with Crippen LogP contribution in [0.15, 0.2) is 6.07 Å². The van der Waals surface area contributed by atoms with Crippen molar-refractivity contribution in [1.82, 2.24) is 4.98 Å². The number of aliphatic hydroxyl groups excluding tert-OH is 1. The minimum Gasteiger partial charge on any atom is -0.392 e. The summed E-state index contributed by atoms with van der Waals surface area (Å²) in [6, 6.07) is 1.59. The number of pyridine rings is 1. The molecule has 78 valence electrons. The van der Waals surface area contributed by atoms with Crippen molar-refractivity contribution in [3.63, 3.8) is 0 Å². The first-order valence-electron chi connectivity index (χ1n) is 3.73. The second-order valence-electron chi connectivity index (χ2n) is 2.55. The van der Waals surface area contributed by atoms with E-state index in [0.29, 0.717) is 9.26 Å². The van der Waals surface area contributed by atoms with E-state index in [9.17, 15) is 8.78 Å². The molecule has 6 heteroatoms. The molecule has 0 saturated heterocycles. The largest absolute Gasteiger partial charge is 0.392 e. The molecule has 0 aliphatic carbocycles. The summed E-state index contributed by atoms with van der Waals surface area (Å²) in [6.45, 7) is -0.437. The Morgan fingerprint density at radius 1 is 1.57 bits per heavy atom. The van der Waals surface area contributed by atoms with E-state index in [4.69, 9.17) is 16.7 Å². The Hall–Kier alpha value is -0.0100. The van der Waals surface area contributed by atoms with Crippen LogP contribution in [0.4, 0.5) is 8.78 Å². The van der Waals surface area contributed by atoms with Gasteiger partial charge in [0.1, 0.15) is 5.69 Å². The SMILES string of the molecule is OCc1c(I)cc(CCl)nc1C(F)F. The molecule has 14 heavy (non-hydrogen) atoms. The Labute approximate surface area is 98.4 Å². The molecule has 1 heterocycles. The topological polar surface area (TPSA) is 33.1 Å². The van der Waals surface area contributed by atoms with Crippen LogP contribution in [0.3, 0.4) is 0 Å². The van der Waals surface area contributed by atoms with Gasteiger partial charge >= 0.3 is 0 Å². The summed E-state index contributed by atoms with van der Waals surface area (Å²) in [6.07, 6.45) is -2.69. The highest BCUT2D eigenvalue weighted by Gasteiger charge is 2.17. The maximum atomic E-state index is 12.5. The van der Waals surface area contributed by atoms with Gasteiger partial charge in [-0.3, -0.25) is 4.98 Å². The van der Waals surface area contributed by atoms with E-state index in [2.05, 4.69) is 4.98 Å². The number of aliphatic hydroxyl groups is 1. The molecule has 0 unspecified atom stereocenters. The first-order chi connectivity index (χ1) is 6.60. The van der Waals surface area contributed by atoms with Gasteiger partial charge in [-0.15, -0.1) is 11.6 Å². The summed E-state index contributed by atoms with van der Waals surface area (Å²) in [5, 5.41) is 8.90. The number of alkyl halides is 3. The molecule has 0 amide bonds. The number of nitrogens with zero attached hydrogens (tertiary/aromatic N) is 1. The highest BCUT2D eigenvalue weighted by Crippen LogP contribution is 2.26. The lowest BCUT2D eigenvalue weighted by Gasteiger charge is -2.09. The molecule has 1 aromatic heterocycles. The predicted octanol–water partition coefficient (Wildman–Crippen LogP) is 2.85. The number of rotatable bonds is 3. The van der Waals surface area contributed by atoms with Gasteiger partial charge < -0.3 is 5.11 Å². The number of hydrogen-bond donors (Lipinski definition) is 1. The third-order valence-corrected chi connectivity index (χ3v) is 2.89. The first-order valence-corrected chi connectivity index (χ1v) is 5.34. The third kappa shape index (κ3) is 2.52. The first kappa shape index (κ1) is 12.1. The van der Waals surface area contributed by atoms with Crippen molar-refractivity contribution in [3.8, 4) is 0 Å². The van der Waals surface area contributed by atoms with Crippen molar-refractivity contribution < 1.29 is 13.9 Å². The molecule has 0 atom stereocenters. The lowest BCUT2D eigenvalue weighted by molar-refractivity contribution is 0.141. The van der Waals surface area contributed by atoms with Crippen LogP contribution in [0, 0.1) is 3.57 Å². The molecule has 2 nitrogen and oxygen atoms in total. The van der Waals surface area contributed by atoms with Crippen LogP contribution < -0.4 is 0 Å². The van der Waals surface area contributed by atoms with Crippen molar-refractivity contribution in [2.45, 2.75) is 18.9 Å². The summed E-state index contributed by atoms with van der Waals surface area (Å²) in [7, 11) is 0. The van der Waals surface area contributed by atoms with Crippen molar-refractivity contribution in [1.29, 1.82) is 0 Å². The molecule has 0 radical (unpaired) electrons. The highest BCUT2D eigenvalue weighted by atomic mass is 127. The molecule has 0 bridgehead atoms. The highest BCUT2D eigenvalue weighted by molar-refractivity contribution is 14.1. The normalized spacial score (nSPS) is 11.0. The maximum absolute atomic E-state index is 12.5. The van der Waals surface area contributed by atoms with Gasteiger partial charge in [0.25, 0.3) is 6.43 Å². The van der Waals surface area contributed by atoms with Gasteiger partial charge in [0.15, 0.2) is 0 Å². The summed E-state index contributed by atoms with van der Waals surface area (Å²) >= 11 is 7.37. The Morgan fingerprint density at radius 3 is 2.64 bits per heavy atom. The summed E-state index contributed by atoms with van der Waals surface area (Å²) in [4.78, 5) is 3.68. The summed E-state index contributed by atoms with van der Waals surface area (Å²) in [5.41, 5.74) is 0.188. The fourth-order valence-electron chi connectivity index (χ4n) is 1.02. The molecule has 0 aliphatic heterocycles. The quantitative estimate of drug-likeness (QED) is 0.681. The van der Waals surface area contributed by atoms with E-state index in [1.807, 2.05) is 22.6 Å². The third-order valence-electron chi connectivity index (χ3n) is 1.66. The van der Waals surface area contributed by atoms with E-state index < -0.39 is 13.0 Å². The molecule has 1 N–H and O–H groups in total. The molecule has 1 aromatic rings. The number of halogens is 4. The Bertz CT molecular complexity index is 335. The van der Waals surface area contributed by atoms with Crippen molar-refractivity contribution >= 4 is 34.2 Å². The van der Waals surface area contributed by atoms with Gasteiger partial charge in [0.2, 0.25) is 0 Å². The zero-order valence-electron chi connectivity index (χ0n) is 6.98. The average Bonchev–Trinajstić information content (AvgIpc) is 2.16. The van der Waals surface area contributed by atoms with Crippen LogP contribution in [0.5, 0.6) is 0 Å². The molecule has 0 aliphatic rings. The van der Waals surface area contributed by atoms with Gasteiger partial charge in [-0.05, 0) is 28.7 Å². The Kier molecular flexibility index (Phi) is 4.46. The van der Waals surface area contributed by atoms with Crippen LogP contribution in [0.2, 0.25) is 0 Å². The van der Waals surface area contributed by atoms with Crippen LogP contribution >= 0.6 is 34.2 Å². The number of aromatic nitrogens is 1. The minimum absolute atomic E-state index is 0.0848. The molecule has 1 rings (SSSR count). The molecule has 0 spiro atoms. The molecule has 0 saturated carbocycles. The lowest BCUT2D eigenvalue weighted by Crippen LogP contribution is -2.04. The van der Waals surface area contributed by atoms with E-state index in [1.54, 1.807) is 6.07 Å². The average molecular weight is 334 g/mol. The van der Waals surface area contributed by atoms with E-state index in [-0.39, 0.29) is 17.1 Å². The predicted molar refractivity (Wildman–Crippen MR) is 57.4 cm³/mol. The molecule has 0 aromatic carbocycles. The second kappa shape index (κ2) is 5.18. The van der Waals surface area contributed by atoms with Crippen molar-refractivity contribution in [2.24, 2.45) is 0 Å². The van der Waals surface area contributed by atoms with Crippen LogP contribution in [0.25, 0.3) is 0 Å². The fourth-order valence-corrected chi connectivity index (χ4v) is 1.96. The van der Waals surface area contributed by atoms with E-state index in [0.717, 1.165) is 0 Å². The zero-order valence-corrected chi connectivity index (χ0v) is 9.89. The van der Waals surface area contributed by atoms with Gasteiger partial charge in [0, 0.05) is 9.13 Å². The minimum atomic E-state index is -2.69. The van der Waals surface area contributed by atoms with Crippen molar-refractivity contribution in [2.75, 3.05) is 0 Å². The maximum Gasteiger partial charge on any atom is 0.280 e. The number of hydrogen-bond acceptors (Lipinski definition) is 2. The lowest BCUT2D eigenvalue weighted by atomic mass is 10.2. The van der Waals surface area contributed by atoms with Crippen molar-refractivity contribution in [3.05, 3.63) is 26.6 Å². The fraction of sp³-hybridized carbons (Fsp3) is 0.375. The summed E-state index contributed by atoms with van der Waals surface area (Å²) in [5.74, 6) is 0.0848. The Balaban J connectivity index is 3.28. The van der Waals surface area contributed by atoms with Crippen LogP contribution in [0.1, 0.15) is 23.4 Å².